The van der Waals surface area contributed by atoms with Crippen LogP contribution in [0.3, 0.4) is 0 Å². The van der Waals surface area contributed by atoms with Crippen molar-refractivity contribution in [2.75, 3.05) is 0 Å². The van der Waals surface area contributed by atoms with Crippen molar-refractivity contribution in [3.63, 3.8) is 0 Å². The molecule has 0 aromatic heterocycles. The molecular weight excluding hydrogens is 504 g/mol. The molecule has 0 radical (unpaired) electrons. The van der Waals surface area contributed by atoms with Crippen LogP contribution in [0.5, 0.6) is 0 Å². The van der Waals surface area contributed by atoms with E-state index in [0.717, 1.165) is 11.1 Å². The number of amides is 4. The summed E-state index contributed by atoms with van der Waals surface area (Å²) < 4.78 is 53.3. The fourth-order valence-corrected chi connectivity index (χ4v) is 5.28. The third-order valence-electron chi connectivity index (χ3n) is 4.95. The summed E-state index contributed by atoms with van der Waals surface area (Å²) in [5.41, 5.74) is 2.77. The molecule has 36 heavy (non-hydrogen) atoms. The highest BCUT2D eigenvalue weighted by Crippen LogP contribution is 2.12. The molecule has 12 heteroatoms. The van der Waals surface area contributed by atoms with Gasteiger partial charge in [-0.2, -0.15) is 0 Å². The molecule has 4 amide bonds. The summed E-state index contributed by atoms with van der Waals surface area (Å²) in [5.74, 6) is 0. The molecule has 3 rings (SSSR count). The van der Waals surface area contributed by atoms with Crippen molar-refractivity contribution < 1.29 is 26.4 Å². The SMILES string of the molecule is Cc1cccc(S(=O)(=O)NC(=O)NCc2cccc(CNC(=O)NS(=O)(=O)c3cccc(C)c3)c2)c1. The lowest BCUT2D eigenvalue weighted by atomic mass is 10.1. The summed E-state index contributed by atoms with van der Waals surface area (Å²) >= 11 is 0. The standard InChI is InChI=1S/C24H26N4O6S2/c1-17-6-3-10-21(12-17)35(31,32)27-23(29)25-15-19-8-5-9-20(14-19)16-26-24(30)28-36(33,34)22-11-4-7-18(2)13-22/h3-14H,15-16H2,1-2H3,(H2,25,27,29)(H2,26,28,30). The van der Waals surface area contributed by atoms with E-state index >= 15 is 0 Å². The summed E-state index contributed by atoms with van der Waals surface area (Å²) in [7, 11) is -8.03. The molecule has 0 atom stereocenters. The molecule has 3 aromatic carbocycles. The number of carbonyl (C=O) groups is 2. The maximum Gasteiger partial charge on any atom is 0.328 e. The Morgan fingerprint density at radius 3 is 1.39 bits per heavy atom. The lowest BCUT2D eigenvalue weighted by Gasteiger charge is -2.11. The molecule has 0 saturated heterocycles. The molecule has 0 aliphatic carbocycles. The molecule has 3 aromatic rings. The molecule has 0 fully saturated rings. The summed E-state index contributed by atoms with van der Waals surface area (Å²) in [6.45, 7) is 3.54. The molecule has 0 spiro atoms. The Bertz CT molecular complexity index is 1380. The van der Waals surface area contributed by atoms with E-state index in [1.807, 2.05) is 9.44 Å². The van der Waals surface area contributed by atoms with E-state index in [2.05, 4.69) is 10.6 Å². The number of aryl methyl sites for hydroxylation is 2. The fraction of sp³-hybridized carbons (Fsp3) is 0.167. The van der Waals surface area contributed by atoms with Crippen LogP contribution in [0.25, 0.3) is 0 Å². The number of carbonyl (C=O) groups excluding carboxylic acids is 2. The van der Waals surface area contributed by atoms with Crippen molar-refractivity contribution in [1.82, 2.24) is 20.1 Å². The molecular formula is C24H26N4O6S2. The van der Waals surface area contributed by atoms with Crippen molar-refractivity contribution in [2.24, 2.45) is 0 Å². The normalized spacial score (nSPS) is 11.4. The van der Waals surface area contributed by atoms with Gasteiger partial charge in [0, 0.05) is 13.1 Å². The van der Waals surface area contributed by atoms with Crippen LogP contribution in [-0.2, 0) is 33.1 Å². The van der Waals surface area contributed by atoms with Crippen molar-refractivity contribution in [2.45, 2.75) is 36.7 Å². The Morgan fingerprint density at radius 1 is 0.611 bits per heavy atom. The first-order valence-corrected chi connectivity index (χ1v) is 13.7. The first kappa shape index (κ1) is 26.7. The van der Waals surface area contributed by atoms with Gasteiger partial charge >= 0.3 is 12.1 Å². The van der Waals surface area contributed by atoms with Gasteiger partial charge in [-0.05, 0) is 60.4 Å². The predicted octanol–water partition coefficient (Wildman–Crippen LogP) is 2.68. The van der Waals surface area contributed by atoms with Gasteiger partial charge in [0.05, 0.1) is 9.79 Å². The van der Waals surface area contributed by atoms with Gasteiger partial charge in [0.25, 0.3) is 20.0 Å². The Labute approximate surface area is 210 Å². The second-order valence-corrected chi connectivity index (χ2v) is 11.4. The molecule has 4 N–H and O–H groups in total. The third kappa shape index (κ3) is 7.55. The van der Waals surface area contributed by atoms with Gasteiger partial charge in [-0.1, -0.05) is 48.5 Å². The van der Waals surface area contributed by atoms with Gasteiger partial charge in [0.2, 0.25) is 0 Å². The number of rotatable bonds is 8. The Kier molecular flexibility index (Phi) is 8.33. The maximum atomic E-state index is 12.4. The van der Waals surface area contributed by atoms with Gasteiger partial charge in [-0.3, -0.25) is 0 Å². The van der Waals surface area contributed by atoms with E-state index in [1.165, 1.54) is 24.3 Å². The molecule has 0 aliphatic heterocycles. The number of benzene rings is 3. The van der Waals surface area contributed by atoms with Crippen LogP contribution in [0, 0.1) is 13.8 Å². The zero-order valence-electron chi connectivity index (χ0n) is 19.6. The van der Waals surface area contributed by atoms with E-state index in [9.17, 15) is 26.4 Å². The summed E-state index contributed by atoms with van der Waals surface area (Å²) in [5, 5.41) is 4.95. The van der Waals surface area contributed by atoms with Gasteiger partial charge in [-0.15, -0.1) is 0 Å². The van der Waals surface area contributed by atoms with E-state index in [-0.39, 0.29) is 22.9 Å². The average molecular weight is 531 g/mol. The second kappa shape index (κ2) is 11.2. The van der Waals surface area contributed by atoms with Crippen molar-refractivity contribution >= 4 is 32.1 Å². The van der Waals surface area contributed by atoms with Gasteiger partial charge in [0.1, 0.15) is 0 Å². The van der Waals surface area contributed by atoms with Crippen LogP contribution in [0.4, 0.5) is 9.59 Å². The van der Waals surface area contributed by atoms with Gasteiger partial charge < -0.3 is 10.6 Å². The van der Waals surface area contributed by atoms with E-state index in [1.54, 1.807) is 62.4 Å². The van der Waals surface area contributed by atoms with Gasteiger partial charge in [0.15, 0.2) is 0 Å². The largest absolute Gasteiger partial charge is 0.333 e. The molecule has 0 saturated carbocycles. The lowest BCUT2D eigenvalue weighted by Crippen LogP contribution is -2.39. The molecule has 0 aliphatic rings. The lowest BCUT2D eigenvalue weighted by molar-refractivity contribution is 0.244. The summed E-state index contributed by atoms with van der Waals surface area (Å²) in [6, 6.07) is 17.4. The first-order chi connectivity index (χ1) is 16.9. The summed E-state index contributed by atoms with van der Waals surface area (Å²) in [4.78, 5) is 24.2. The number of hydrogen-bond donors (Lipinski definition) is 4. The van der Waals surface area contributed by atoms with Crippen LogP contribution >= 0.6 is 0 Å². The van der Waals surface area contributed by atoms with Crippen LogP contribution in [-0.4, -0.2) is 28.9 Å². The van der Waals surface area contributed by atoms with E-state index < -0.39 is 32.1 Å². The van der Waals surface area contributed by atoms with Crippen LogP contribution in [0.2, 0.25) is 0 Å². The minimum atomic E-state index is -4.02. The number of hydrogen-bond acceptors (Lipinski definition) is 6. The monoisotopic (exact) mass is 530 g/mol. The van der Waals surface area contributed by atoms with Crippen LogP contribution in [0.1, 0.15) is 22.3 Å². The van der Waals surface area contributed by atoms with Crippen molar-refractivity contribution in [1.29, 1.82) is 0 Å². The Hall–Kier alpha value is -3.90. The van der Waals surface area contributed by atoms with E-state index in [0.29, 0.717) is 11.1 Å². The highest BCUT2D eigenvalue weighted by molar-refractivity contribution is 7.90. The minimum absolute atomic E-state index is 0.0200. The molecule has 190 valence electrons. The highest BCUT2D eigenvalue weighted by atomic mass is 32.2. The predicted molar refractivity (Wildman–Crippen MR) is 134 cm³/mol. The van der Waals surface area contributed by atoms with Crippen molar-refractivity contribution in [3.05, 3.63) is 95.1 Å². The first-order valence-electron chi connectivity index (χ1n) is 10.8. The second-order valence-electron chi connectivity index (χ2n) is 8.03. The Morgan fingerprint density at radius 2 is 1.00 bits per heavy atom. The summed E-state index contributed by atoms with van der Waals surface area (Å²) in [6.07, 6.45) is 0. The smallest absolute Gasteiger partial charge is 0.328 e. The van der Waals surface area contributed by atoms with Gasteiger partial charge in [-0.25, -0.2) is 35.9 Å². The average Bonchev–Trinajstić information content (AvgIpc) is 2.81. The molecule has 0 unspecified atom stereocenters. The molecule has 0 bridgehead atoms. The number of nitrogens with one attached hydrogen (secondary N) is 4. The fourth-order valence-electron chi connectivity index (χ4n) is 3.21. The quantitative estimate of drug-likeness (QED) is 0.352. The van der Waals surface area contributed by atoms with Crippen molar-refractivity contribution in [3.8, 4) is 0 Å². The van der Waals surface area contributed by atoms with Crippen LogP contribution < -0.4 is 20.1 Å². The molecule has 0 heterocycles. The zero-order chi connectivity index (χ0) is 26.3. The van der Waals surface area contributed by atoms with E-state index in [4.69, 9.17) is 0 Å². The number of urea groups is 2. The topological polar surface area (TPSA) is 151 Å². The number of sulfonamides is 2. The Balaban J connectivity index is 1.52. The zero-order valence-corrected chi connectivity index (χ0v) is 21.2. The maximum absolute atomic E-state index is 12.4. The van der Waals surface area contributed by atoms with Crippen LogP contribution in [0.15, 0.2) is 82.6 Å². The third-order valence-corrected chi connectivity index (χ3v) is 7.61. The highest BCUT2D eigenvalue weighted by Gasteiger charge is 2.18. The molecule has 10 nitrogen and oxygen atoms in total. The minimum Gasteiger partial charge on any atom is -0.333 e.